The van der Waals surface area contributed by atoms with E-state index in [-0.39, 0.29) is 0 Å². The molecule has 1 fully saturated rings. The molecule has 0 bridgehead atoms. The van der Waals surface area contributed by atoms with Crippen molar-refractivity contribution in [2.45, 2.75) is 63.5 Å². The SMILES string of the molecule is CCCNC(Cc1ccc(Cl)s1)C1(N(C)C)CCCCC1. The van der Waals surface area contributed by atoms with E-state index in [1.807, 2.05) is 6.07 Å². The number of thiophene rings is 1. The quantitative estimate of drug-likeness (QED) is 0.788. The molecular weight excluding hydrogens is 300 g/mol. The summed E-state index contributed by atoms with van der Waals surface area (Å²) in [6.07, 6.45) is 8.99. The molecule has 0 radical (unpaired) electrons. The summed E-state index contributed by atoms with van der Waals surface area (Å²) in [6.45, 7) is 3.34. The summed E-state index contributed by atoms with van der Waals surface area (Å²) in [7, 11) is 4.51. The number of rotatable bonds is 7. The van der Waals surface area contributed by atoms with E-state index in [9.17, 15) is 0 Å². The maximum atomic E-state index is 6.12. The topological polar surface area (TPSA) is 15.3 Å². The van der Waals surface area contributed by atoms with Gasteiger partial charge in [-0.3, -0.25) is 0 Å². The van der Waals surface area contributed by atoms with Crippen molar-refractivity contribution < 1.29 is 0 Å². The van der Waals surface area contributed by atoms with Crippen LogP contribution in [0.2, 0.25) is 4.34 Å². The molecule has 0 saturated heterocycles. The first-order valence-corrected chi connectivity index (χ1v) is 9.43. The highest BCUT2D eigenvalue weighted by Gasteiger charge is 2.41. The Morgan fingerprint density at radius 1 is 1.29 bits per heavy atom. The van der Waals surface area contributed by atoms with Crippen molar-refractivity contribution in [3.05, 3.63) is 21.3 Å². The first-order valence-electron chi connectivity index (χ1n) is 8.23. The fourth-order valence-electron chi connectivity index (χ4n) is 3.70. The minimum Gasteiger partial charge on any atom is -0.312 e. The third-order valence-electron chi connectivity index (χ3n) is 4.93. The van der Waals surface area contributed by atoms with Crippen LogP contribution in [0, 0.1) is 0 Å². The van der Waals surface area contributed by atoms with Crippen LogP contribution in [0.15, 0.2) is 12.1 Å². The smallest absolute Gasteiger partial charge is 0.0931 e. The van der Waals surface area contributed by atoms with Crippen LogP contribution in [0.5, 0.6) is 0 Å². The highest BCUT2D eigenvalue weighted by Crippen LogP contribution is 2.37. The van der Waals surface area contributed by atoms with Gasteiger partial charge < -0.3 is 10.2 Å². The Balaban J connectivity index is 2.19. The number of hydrogen-bond donors (Lipinski definition) is 1. The van der Waals surface area contributed by atoms with Crippen molar-refractivity contribution in [2.24, 2.45) is 0 Å². The van der Waals surface area contributed by atoms with E-state index in [1.165, 1.54) is 43.4 Å². The van der Waals surface area contributed by atoms with E-state index in [0.29, 0.717) is 11.6 Å². The summed E-state index contributed by atoms with van der Waals surface area (Å²) in [4.78, 5) is 3.88. The molecule has 1 aromatic rings. The van der Waals surface area contributed by atoms with E-state index >= 15 is 0 Å². The molecule has 2 nitrogen and oxygen atoms in total. The summed E-state index contributed by atoms with van der Waals surface area (Å²) >= 11 is 7.85. The summed E-state index contributed by atoms with van der Waals surface area (Å²) in [6, 6.07) is 4.74. The normalized spacial score (nSPS) is 19.9. The Hall–Kier alpha value is -0.0900. The van der Waals surface area contributed by atoms with Gasteiger partial charge in [-0.05, 0) is 58.5 Å². The Bertz CT molecular complexity index is 424. The maximum absolute atomic E-state index is 6.12. The fourth-order valence-corrected chi connectivity index (χ4v) is 4.84. The average Bonchev–Trinajstić information content (AvgIpc) is 2.89. The predicted molar refractivity (Wildman–Crippen MR) is 94.6 cm³/mol. The second-order valence-corrected chi connectivity index (χ2v) is 8.27. The van der Waals surface area contributed by atoms with Gasteiger partial charge >= 0.3 is 0 Å². The molecule has 1 aromatic heterocycles. The molecule has 1 heterocycles. The van der Waals surface area contributed by atoms with Crippen molar-refractivity contribution in [2.75, 3.05) is 20.6 Å². The van der Waals surface area contributed by atoms with Gasteiger partial charge in [-0.15, -0.1) is 11.3 Å². The second kappa shape index (κ2) is 7.96. The van der Waals surface area contributed by atoms with Gasteiger partial charge in [0.15, 0.2) is 0 Å². The average molecular weight is 329 g/mol. The zero-order chi connectivity index (χ0) is 15.3. The zero-order valence-electron chi connectivity index (χ0n) is 13.6. The van der Waals surface area contributed by atoms with Crippen LogP contribution in [-0.2, 0) is 6.42 Å². The van der Waals surface area contributed by atoms with Crippen LogP contribution in [0.1, 0.15) is 50.3 Å². The molecule has 21 heavy (non-hydrogen) atoms. The molecule has 1 atom stereocenters. The zero-order valence-corrected chi connectivity index (χ0v) is 15.2. The molecule has 0 amide bonds. The van der Waals surface area contributed by atoms with Gasteiger partial charge in [0.05, 0.1) is 4.34 Å². The number of halogens is 1. The van der Waals surface area contributed by atoms with Crippen LogP contribution in [-0.4, -0.2) is 37.1 Å². The van der Waals surface area contributed by atoms with Crippen molar-refractivity contribution in [3.63, 3.8) is 0 Å². The Labute approximate surface area is 138 Å². The lowest BCUT2D eigenvalue weighted by Gasteiger charge is -2.49. The molecule has 1 aliphatic rings. The molecule has 4 heteroatoms. The summed E-state index contributed by atoms with van der Waals surface area (Å²) in [5, 5.41) is 3.84. The third kappa shape index (κ3) is 4.22. The summed E-state index contributed by atoms with van der Waals surface area (Å²) in [5.74, 6) is 0. The summed E-state index contributed by atoms with van der Waals surface area (Å²) < 4.78 is 0.904. The minimum absolute atomic E-state index is 0.296. The second-order valence-electron chi connectivity index (χ2n) is 6.48. The fraction of sp³-hybridized carbons (Fsp3) is 0.765. The van der Waals surface area contributed by atoms with Crippen LogP contribution >= 0.6 is 22.9 Å². The maximum Gasteiger partial charge on any atom is 0.0931 e. The molecular formula is C17H29ClN2S. The van der Waals surface area contributed by atoms with Crippen molar-refractivity contribution in [3.8, 4) is 0 Å². The Morgan fingerprint density at radius 3 is 2.52 bits per heavy atom. The van der Waals surface area contributed by atoms with E-state index in [1.54, 1.807) is 11.3 Å². The van der Waals surface area contributed by atoms with Crippen LogP contribution in [0.4, 0.5) is 0 Å². The van der Waals surface area contributed by atoms with Gasteiger partial charge in [0.25, 0.3) is 0 Å². The molecule has 1 unspecified atom stereocenters. The Morgan fingerprint density at radius 2 is 2.00 bits per heavy atom. The van der Waals surface area contributed by atoms with Gasteiger partial charge in [-0.2, -0.15) is 0 Å². The van der Waals surface area contributed by atoms with Gasteiger partial charge in [-0.1, -0.05) is 37.8 Å². The number of nitrogens with one attached hydrogen (secondary N) is 1. The van der Waals surface area contributed by atoms with Crippen molar-refractivity contribution >= 4 is 22.9 Å². The molecule has 1 saturated carbocycles. The lowest BCUT2D eigenvalue weighted by atomic mass is 9.74. The molecule has 2 rings (SSSR count). The van der Waals surface area contributed by atoms with Gasteiger partial charge in [0.1, 0.15) is 0 Å². The van der Waals surface area contributed by atoms with Gasteiger partial charge in [0, 0.05) is 16.5 Å². The monoisotopic (exact) mass is 328 g/mol. The predicted octanol–water partition coefficient (Wildman–Crippen LogP) is 4.58. The lowest BCUT2D eigenvalue weighted by molar-refractivity contribution is 0.0572. The number of hydrogen-bond acceptors (Lipinski definition) is 3. The van der Waals surface area contributed by atoms with Crippen molar-refractivity contribution in [1.82, 2.24) is 10.2 Å². The number of nitrogens with zero attached hydrogens (tertiary/aromatic N) is 1. The van der Waals surface area contributed by atoms with Gasteiger partial charge in [0.2, 0.25) is 0 Å². The van der Waals surface area contributed by atoms with Crippen LogP contribution in [0.25, 0.3) is 0 Å². The molecule has 1 aliphatic carbocycles. The van der Waals surface area contributed by atoms with E-state index in [4.69, 9.17) is 11.6 Å². The minimum atomic E-state index is 0.296. The van der Waals surface area contributed by atoms with Gasteiger partial charge in [-0.25, -0.2) is 0 Å². The highest BCUT2D eigenvalue weighted by molar-refractivity contribution is 7.16. The molecule has 120 valence electrons. The van der Waals surface area contributed by atoms with E-state index < -0.39 is 0 Å². The molecule has 0 aliphatic heterocycles. The third-order valence-corrected chi connectivity index (χ3v) is 6.19. The molecule has 0 spiro atoms. The standard InChI is InChI=1S/C17H29ClN2S/c1-4-12-19-15(13-14-8-9-16(18)21-14)17(20(2)3)10-6-5-7-11-17/h8-9,15,19H,4-7,10-13H2,1-3H3. The lowest BCUT2D eigenvalue weighted by Crippen LogP contribution is -2.60. The molecule has 0 aromatic carbocycles. The van der Waals surface area contributed by atoms with Crippen LogP contribution in [0.3, 0.4) is 0 Å². The Kier molecular flexibility index (Phi) is 6.54. The largest absolute Gasteiger partial charge is 0.312 e. The number of likely N-dealkylation sites (N-methyl/N-ethyl adjacent to an activating group) is 1. The van der Waals surface area contributed by atoms with E-state index in [2.05, 4.69) is 37.3 Å². The highest BCUT2D eigenvalue weighted by atomic mass is 35.5. The van der Waals surface area contributed by atoms with Crippen molar-refractivity contribution in [1.29, 1.82) is 0 Å². The molecule has 1 N–H and O–H groups in total. The first kappa shape index (κ1) is 17.3. The van der Waals surface area contributed by atoms with E-state index in [0.717, 1.165) is 17.3 Å². The van der Waals surface area contributed by atoms with Crippen LogP contribution < -0.4 is 5.32 Å². The summed E-state index contributed by atoms with van der Waals surface area (Å²) in [5.41, 5.74) is 0.296. The first-order chi connectivity index (χ1) is 10.1.